The lowest BCUT2D eigenvalue weighted by atomic mass is 9.88. The van der Waals surface area contributed by atoms with Gasteiger partial charge in [-0.05, 0) is 43.2 Å². The van der Waals surface area contributed by atoms with E-state index in [0.717, 1.165) is 16.7 Å². The van der Waals surface area contributed by atoms with Gasteiger partial charge in [0.25, 0.3) is 0 Å². The third-order valence-electron chi connectivity index (χ3n) is 4.28. The maximum absolute atomic E-state index is 12.6. The van der Waals surface area contributed by atoms with E-state index in [1.54, 1.807) is 12.1 Å². The molecule has 0 unspecified atom stereocenters. The second-order valence-electron chi connectivity index (χ2n) is 6.07. The van der Waals surface area contributed by atoms with Crippen molar-refractivity contribution in [3.8, 4) is 0 Å². The van der Waals surface area contributed by atoms with E-state index in [1.165, 1.54) is 4.90 Å². The van der Waals surface area contributed by atoms with Gasteiger partial charge in [0.2, 0.25) is 11.8 Å². The Morgan fingerprint density at radius 1 is 0.957 bits per heavy atom. The second kappa shape index (κ2) is 6.17. The zero-order valence-corrected chi connectivity index (χ0v) is 13.9. The minimum atomic E-state index is -0.145. The van der Waals surface area contributed by atoms with E-state index in [2.05, 4.69) is 0 Å². The second-order valence-corrected chi connectivity index (χ2v) is 6.51. The van der Waals surface area contributed by atoms with Gasteiger partial charge in [-0.25, -0.2) is 0 Å². The van der Waals surface area contributed by atoms with Crippen molar-refractivity contribution in [3.63, 3.8) is 0 Å². The van der Waals surface area contributed by atoms with E-state index in [0.29, 0.717) is 23.6 Å². The molecule has 0 spiro atoms. The smallest absolute Gasteiger partial charge is 0.234 e. The number of anilines is 1. The van der Waals surface area contributed by atoms with Crippen LogP contribution in [0.4, 0.5) is 5.69 Å². The number of halogens is 1. The molecule has 0 atom stereocenters. The van der Waals surface area contributed by atoms with Crippen LogP contribution >= 0.6 is 11.6 Å². The van der Waals surface area contributed by atoms with E-state index in [-0.39, 0.29) is 17.7 Å². The summed E-state index contributed by atoms with van der Waals surface area (Å²) in [5, 5.41) is 0.652. The Hall–Kier alpha value is -2.13. The topological polar surface area (TPSA) is 37.4 Å². The average Bonchev–Trinajstić information content (AvgIpc) is 2.49. The predicted octanol–water partition coefficient (Wildman–Crippen LogP) is 4.39. The molecule has 2 aromatic carbocycles. The SMILES string of the molecule is Cc1ccc(N2C(=O)CC(c3ccc(Cl)cc3)CC2=O)c(C)c1. The van der Waals surface area contributed by atoms with Gasteiger partial charge in [-0.3, -0.25) is 14.5 Å². The number of nitrogens with zero attached hydrogens (tertiary/aromatic N) is 1. The standard InChI is InChI=1S/C19H18ClNO2/c1-12-3-8-17(13(2)9-12)21-18(22)10-15(11-19(21)23)14-4-6-16(20)7-5-14/h3-9,15H,10-11H2,1-2H3. The molecule has 1 aliphatic heterocycles. The molecule has 4 heteroatoms. The largest absolute Gasteiger partial charge is 0.274 e. The number of benzene rings is 2. The van der Waals surface area contributed by atoms with Gasteiger partial charge in [-0.2, -0.15) is 0 Å². The molecule has 1 aliphatic rings. The average molecular weight is 328 g/mol. The number of hydrogen-bond donors (Lipinski definition) is 0. The van der Waals surface area contributed by atoms with Crippen LogP contribution in [0, 0.1) is 13.8 Å². The highest BCUT2D eigenvalue weighted by atomic mass is 35.5. The minimum absolute atomic E-state index is 0.0747. The van der Waals surface area contributed by atoms with E-state index in [9.17, 15) is 9.59 Å². The number of piperidine rings is 1. The van der Waals surface area contributed by atoms with Gasteiger partial charge in [0.05, 0.1) is 5.69 Å². The van der Waals surface area contributed by atoms with Crippen molar-refractivity contribution >= 4 is 29.1 Å². The molecule has 23 heavy (non-hydrogen) atoms. The van der Waals surface area contributed by atoms with Gasteiger partial charge in [-0.1, -0.05) is 41.4 Å². The Labute approximate surface area is 140 Å². The summed E-state index contributed by atoms with van der Waals surface area (Å²) in [6.07, 6.45) is 0.668. The molecular weight excluding hydrogens is 310 g/mol. The first-order valence-electron chi connectivity index (χ1n) is 7.64. The van der Waals surface area contributed by atoms with Crippen LogP contribution in [-0.4, -0.2) is 11.8 Å². The molecule has 1 saturated heterocycles. The maximum Gasteiger partial charge on any atom is 0.234 e. The quantitative estimate of drug-likeness (QED) is 0.767. The molecule has 1 heterocycles. The third-order valence-corrected chi connectivity index (χ3v) is 4.53. The van der Waals surface area contributed by atoms with Crippen LogP contribution in [0.5, 0.6) is 0 Å². The van der Waals surface area contributed by atoms with E-state index >= 15 is 0 Å². The maximum atomic E-state index is 12.6. The van der Waals surface area contributed by atoms with Crippen molar-refractivity contribution < 1.29 is 9.59 Å². The van der Waals surface area contributed by atoms with Gasteiger partial charge in [0.1, 0.15) is 0 Å². The van der Waals surface area contributed by atoms with E-state index in [1.807, 2.05) is 44.2 Å². The Balaban J connectivity index is 1.86. The highest BCUT2D eigenvalue weighted by molar-refractivity contribution is 6.30. The number of aryl methyl sites for hydroxylation is 2. The molecule has 0 aliphatic carbocycles. The Kier molecular flexibility index (Phi) is 4.22. The summed E-state index contributed by atoms with van der Waals surface area (Å²) >= 11 is 5.90. The molecule has 0 radical (unpaired) electrons. The number of imide groups is 1. The fourth-order valence-corrected chi connectivity index (χ4v) is 3.24. The first-order valence-corrected chi connectivity index (χ1v) is 8.02. The molecule has 1 fully saturated rings. The normalized spacial score (nSPS) is 16.0. The lowest BCUT2D eigenvalue weighted by Crippen LogP contribution is -2.43. The lowest BCUT2D eigenvalue weighted by Gasteiger charge is -2.31. The van der Waals surface area contributed by atoms with Crippen LogP contribution < -0.4 is 4.90 Å². The molecular formula is C19H18ClNO2. The van der Waals surface area contributed by atoms with Crippen molar-refractivity contribution in [3.05, 3.63) is 64.2 Å². The van der Waals surface area contributed by atoms with Crippen molar-refractivity contribution in [1.82, 2.24) is 0 Å². The fraction of sp³-hybridized carbons (Fsp3) is 0.263. The fourth-order valence-electron chi connectivity index (χ4n) is 3.11. The van der Waals surface area contributed by atoms with Gasteiger partial charge in [0, 0.05) is 23.8 Å². The summed E-state index contributed by atoms with van der Waals surface area (Å²) in [4.78, 5) is 26.5. The van der Waals surface area contributed by atoms with Crippen molar-refractivity contribution in [2.75, 3.05) is 4.90 Å². The highest BCUT2D eigenvalue weighted by Crippen LogP contribution is 2.34. The van der Waals surface area contributed by atoms with Crippen LogP contribution in [0.2, 0.25) is 5.02 Å². The van der Waals surface area contributed by atoms with Crippen molar-refractivity contribution in [2.24, 2.45) is 0 Å². The molecule has 0 bridgehead atoms. The summed E-state index contributed by atoms with van der Waals surface area (Å²) in [7, 11) is 0. The van der Waals surface area contributed by atoms with Crippen LogP contribution in [0.3, 0.4) is 0 Å². The molecule has 2 amide bonds. The van der Waals surface area contributed by atoms with Crippen LogP contribution in [0.25, 0.3) is 0 Å². The van der Waals surface area contributed by atoms with E-state index < -0.39 is 0 Å². The monoisotopic (exact) mass is 327 g/mol. The molecule has 2 aromatic rings. The van der Waals surface area contributed by atoms with Gasteiger partial charge in [0.15, 0.2) is 0 Å². The number of carbonyl (C=O) groups excluding carboxylic acids is 2. The van der Waals surface area contributed by atoms with Gasteiger partial charge < -0.3 is 0 Å². The molecule has 0 N–H and O–H groups in total. The molecule has 0 saturated carbocycles. The predicted molar refractivity (Wildman–Crippen MR) is 91.8 cm³/mol. The third kappa shape index (κ3) is 3.15. The molecule has 3 rings (SSSR count). The van der Waals surface area contributed by atoms with E-state index in [4.69, 9.17) is 11.6 Å². The molecule has 118 valence electrons. The minimum Gasteiger partial charge on any atom is -0.274 e. The van der Waals surface area contributed by atoms with Crippen LogP contribution in [0.1, 0.15) is 35.4 Å². The van der Waals surface area contributed by atoms with Gasteiger partial charge >= 0.3 is 0 Å². The van der Waals surface area contributed by atoms with Gasteiger partial charge in [-0.15, -0.1) is 0 Å². The first kappa shape index (κ1) is 15.8. The Morgan fingerprint density at radius 2 is 1.57 bits per heavy atom. The molecule has 3 nitrogen and oxygen atoms in total. The summed E-state index contributed by atoms with van der Waals surface area (Å²) in [6, 6.07) is 13.1. The van der Waals surface area contributed by atoms with Crippen molar-refractivity contribution in [2.45, 2.75) is 32.6 Å². The summed E-state index contributed by atoms with van der Waals surface area (Å²) in [6.45, 7) is 3.92. The Morgan fingerprint density at radius 3 is 2.13 bits per heavy atom. The van der Waals surface area contributed by atoms with Crippen LogP contribution in [0.15, 0.2) is 42.5 Å². The zero-order chi connectivity index (χ0) is 16.6. The molecule has 0 aromatic heterocycles. The summed E-state index contributed by atoms with van der Waals surface area (Å²) in [5.74, 6) is -0.365. The first-order chi connectivity index (χ1) is 11.0. The van der Waals surface area contributed by atoms with Crippen LogP contribution in [-0.2, 0) is 9.59 Å². The summed E-state index contributed by atoms with van der Waals surface area (Å²) < 4.78 is 0. The number of rotatable bonds is 2. The number of hydrogen-bond acceptors (Lipinski definition) is 2. The number of carbonyl (C=O) groups is 2. The van der Waals surface area contributed by atoms with Crippen molar-refractivity contribution in [1.29, 1.82) is 0 Å². The number of amides is 2. The Bertz CT molecular complexity index is 749. The lowest BCUT2D eigenvalue weighted by molar-refractivity contribution is -0.129. The summed E-state index contributed by atoms with van der Waals surface area (Å²) in [5.41, 5.74) is 3.73. The highest BCUT2D eigenvalue weighted by Gasteiger charge is 2.34. The zero-order valence-electron chi connectivity index (χ0n) is 13.2.